The van der Waals surface area contributed by atoms with Crippen LogP contribution in [0.2, 0.25) is 5.02 Å². The first kappa shape index (κ1) is 17.9. The number of rotatable bonds is 5. The maximum absolute atomic E-state index is 12.7. The Hall–Kier alpha value is -1.89. The van der Waals surface area contributed by atoms with E-state index in [0.717, 1.165) is 12.1 Å². The van der Waals surface area contributed by atoms with Crippen molar-refractivity contribution in [3.8, 4) is 0 Å². The molecule has 25 heavy (non-hydrogen) atoms. The Morgan fingerprint density at radius 3 is 3.00 bits per heavy atom. The second-order valence-electron chi connectivity index (χ2n) is 5.88. The Morgan fingerprint density at radius 1 is 1.36 bits per heavy atom. The van der Waals surface area contributed by atoms with E-state index < -0.39 is 0 Å². The van der Waals surface area contributed by atoms with Gasteiger partial charge in [-0.05, 0) is 29.1 Å². The number of hydrogen-bond acceptors (Lipinski definition) is 4. The molecule has 1 fully saturated rings. The van der Waals surface area contributed by atoms with E-state index in [1.807, 2.05) is 34.5 Å². The van der Waals surface area contributed by atoms with Gasteiger partial charge in [-0.15, -0.1) is 0 Å². The van der Waals surface area contributed by atoms with Gasteiger partial charge in [-0.25, -0.2) is 0 Å². The molecule has 0 spiro atoms. The van der Waals surface area contributed by atoms with Crippen molar-refractivity contribution in [2.45, 2.75) is 12.5 Å². The molecule has 0 aliphatic carbocycles. The SMILES string of the molecule is O=C(NCCC(=O)N1CCNCC1c1cccc(Cl)c1)c1ccsc1. The largest absolute Gasteiger partial charge is 0.351 e. The number of halogens is 1. The smallest absolute Gasteiger partial charge is 0.252 e. The lowest BCUT2D eigenvalue weighted by Gasteiger charge is -2.36. The van der Waals surface area contributed by atoms with E-state index in [2.05, 4.69) is 10.6 Å². The van der Waals surface area contributed by atoms with Crippen molar-refractivity contribution in [3.63, 3.8) is 0 Å². The molecule has 3 rings (SSSR count). The average Bonchev–Trinajstić information content (AvgIpc) is 3.16. The molecular weight excluding hydrogens is 358 g/mol. The zero-order chi connectivity index (χ0) is 17.6. The standard InChI is InChI=1S/C18H20ClN3O2S/c19-15-3-1-2-13(10-15)16-11-20-7-8-22(16)17(23)4-6-21-18(24)14-5-9-25-12-14/h1-3,5,9-10,12,16,20H,4,6-8,11H2,(H,21,24). The minimum absolute atomic E-state index is 0.0347. The third kappa shape index (κ3) is 4.60. The van der Waals surface area contributed by atoms with Gasteiger partial charge < -0.3 is 15.5 Å². The summed E-state index contributed by atoms with van der Waals surface area (Å²) in [7, 11) is 0. The summed E-state index contributed by atoms with van der Waals surface area (Å²) in [6.45, 7) is 2.45. The summed E-state index contributed by atoms with van der Waals surface area (Å²) in [5, 5.41) is 10.4. The van der Waals surface area contributed by atoms with Crippen LogP contribution in [0.4, 0.5) is 0 Å². The van der Waals surface area contributed by atoms with E-state index in [9.17, 15) is 9.59 Å². The zero-order valence-electron chi connectivity index (χ0n) is 13.7. The molecule has 0 bridgehead atoms. The predicted octanol–water partition coefficient (Wildman–Crippen LogP) is 2.69. The van der Waals surface area contributed by atoms with E-state index in [1.54, 1.807) is 11.4 Å². The van der Waals surface area contributed by atoms with Gasteiger partial charge in [-0.2, -0.15) is 11.3 Å². The first-order chi connectivity index (χ1) is 12.1. The maximum Gasteiger partial charge on any atom is 0.252 e. The zero-order valence-corrected chi connectivity index (χ0v) is 15.3. The highest BCUT2D eigenvalue weighted by molar-refractivity contribution is 7.08. The van der Waals surface area contributed by atoms with Crippen LogP contribution >= 0.6 is 22.9 Å². The van der Waals surface area contributed by atoms with Crippen LogP contribution < -0.4 is 10.6 Å². The van der Waals surface area contributed by atoms with Crippen LogP contribution in [0.15, 0.2) is 41.1 Å². The second-order valence-corrected chi connectivity index (χ2v) is 7.10. The van der Waals surface area contributed by atoms with Gasteiger partial charge >= 0.3 is 0 Å². The van der Waals surface area contributed by atoms with Gasteiger partial charge in [0.2, 0.25) is 5.91 Å². The molecule has 132 valence electrons. The Morgan fingerprint density at radius 2 is 2.24 bits per heavy atom. The van der Waals surface area contributed by atoms with Gasteiger partial charge in [0, 0.05) is 48.6 Å². The molecule has 2 amide bonds. The molecule has 1 aliphatic heterocycles. The number of benzene rings is 1. The monoisotopic (exact) mass is 377 g/mol. The van der Waals surface area contributed by atoms with Crippen molar-refractivity contribution in [1.29, 1.82) is 0 Å². The van der Waals surface area contributed by atoms with Crippen molar-refractivity contribution in [1.82, 2.24) is 15.5 Å². The molecule has 7 heteroatoms. The fourth-order valence-electron chi connectivity index (χ4n) is 2.94. The van der Waals surface area contributed by atoms with Crippen molar-refractivity contribution in [2.24, 2.45) is 0 Å². The van der Waals surface area contributed by atoms with E-state index >= 15 is 0 Å². The molecule has 1 atom stereocenters. The van der Waals surface area contributed by atoms with Crippen molar-refractivity contribution in [2.75, 3.05) is 26.2 Å². The Labute approximate surface area is 156 Å². The van der Waals surface area contributed by atoms with Crippen LogP contribution in [-0.4, -0.2) is 42.9 Å². The second kappa shape index (κ2) is 8.47. The molecule has 0 radical (unpaired) electrons. The van der Waals surface area contributed by atoms with Crippen LogP contribution in [-0.2, 0) is 4.79 Å². The van der Waals surface area contributed by atoms with E-state index in [4.69, 9.17) is 11.6 Å². The third-order valence-electron chi connectivity index (χ3n) is 4.20. The lowest BCUT2D eigenvalue weighted by atomic mass is 10.0. The minimum Gasteiger partial charge on any atom is -0.351 e. The highest BCUT2D eigenvalue weighted by Crippen LogP contribution is 2.25. The number of piperazine rings is 1. The van der Waals surface area contributed by atoms with Gasteiger partial charge in [0.15, 0.2) is 0 Å². The number of carbonyl (C=O) groups is 2. The first-order valence-electron chi connectivity index (χ1n) is 8.21. The van der Waals surface area contributed by atoms with E-state index in [-0.39, 0.29) is 24.3 Å². The summed E-state index contributed by atoms with van der Waals surface area (Å²) in [4.78, 5) is 26.5. The summed E-state index contributed by atoms with van der Waals surface area (Å²) >= 11 is 7.56. The van der Waals surface area contributed by atoms with Crippen LogP contribution in [0.1, 0.15) is 28.4 Å². The highest BCUT2D eigenvalue weighted by Gasteiger charge is 2.27. The Balaban J connectivity index is 1.58. The van der Waals surface area contributed by atoms with Crippen LogP contribution in [0.25, 0.3) is 0 Å². The third-order valence-corrected chi connectivity index (χ3v) is 5.12. The molecule has 1 unspecified atom stereocenters. The normalized spacial score (nSPS) is 17.3. The number of nitrogens with one attached hydrogen (secondary N) is 2. The Kier molecular flexibility index (Phi) is 6.07. The quantitative estimate of drug-likeness (QED) is 0.842. The number of hydrogen-bond donors (Lipinski definition) is 2. The fraction of sp³-hybridized carbons (Fsp3) is 0.333. The summed E-state index contributed by atoms with van der Waals surface area (Å²) in [6.07, 6.45) is 0.285. The first-order valence-corrected chi connectivity index (χ1v) is 9.53. The van der Waals surface area contributed by atoms with Crippen molar-refractivity contribution >= 4 is 34.8 Å². The molecular formula is C18H20ClN3O2S. The van der Waals surface area contributed by atoms with Crippen LogP contribution in [0, 0.1) is 0 Å². The lowest BCUT2D eigenvalue weighted by Crippen LogP contribution is -2.49. The predicted molar refractivity (Wildman–Crippen MR) is 100 cm³/mol. The minimum atomic E-state index is -0.138. The fourth-order valence-corrected chi connectivity index (χ4v) is 3.77. The molecule has 1 saturated heterocycles. The van der Waals surface area contributed by atoms with Crippen LogP contribution in [0.3, 0.4) is 0 Å². The molecule has 2 N–H and O–H groups in total. The van der Waals surface area contributed by atoms with Crippen molar-refractivity contribution < 1.29 is 9.59 Å². The summed E-state index contributed by atoms with van der Waals surface area (Å²) < 4.78 is 0. The number of carbonyl (C=O) groups excluding carboxylic acids is 2. The van der Waals surface area contributed by atoms with Gasteiger partial charge in [0.1, 0.15) is 0 Å². The van der Waals surface area contributed by atoms with E-state index in [0.29, 0.717) is 30.2 Å². The maximum atomic E-state index is 12.7. The molecule has 2 aromatic rings. The molecule has 1 aromatic carbocycles. The van der Waals surface area contributed by atoms with Gasteiger partial charge in [-0.1, -0.05) is 23.7 Å². The number of nitrogens with zero attached hydrogens (tertiary/aromatic N) is 1. The van der Waals surface area contributed by atoms with Crippen LogP contribution in [0.5, 0.6) is 0 Å². The Bertz CT molecular complexity index is 736. The topological polar surface area (TPSA) is 61.4 Å². The van der Waals surface area contributed by atoms with Gasteiger partial charge in [0.05, 0.1) is 6.04 Å². The number of thiophene rings is 1. The summed E-state index contributed by atoms with van der Waals surface area (Å²) in [5.74, 6) is -0.0992. The summed E-state index contributed by atoms with van der Waals surface area (Å²) in [6, 6.07) is 9.35. The molecule has 0 saturated carbocycles. The molecule has 5 nitrogen and oxygen atoms in total. The van der Waals surface area contributed by atoms with Crippen molar-refractivity contribution in [3.05, 3.63) is 57.2 Å². The number of amides is 2. The molecule has 2 heterocycles. The van der Waals surface area contributed by atoms with E-state index in [1.165, 1.54) is 11.3 Å². The van der Waals surface area contributed by atoms with Gasteiger partial charge in [-0.3, -0.25) is 9.59 Å². The molecule has 1 aliphatic rings. The molecule has 1 aromatic heterocycles. The summed E-state index contributed by atoms with van der Waals surface area (Å²) in [5.41, 5.74) is 1.66. The average molecular weight is 378 g/mol. The lowest BCUT2D eigenvalue weighted by molar-refractivity contribution is -0.134. The van der Waals surface area contributed by atoms with Gasteiger partial charge in [0.25, 0.3) is 5.91 Å². The highest BCUT2D eigenvalue weighted by atomic mass is 35.5.